The predicted molar refractivity (Wildman–Crippen MR) is 80.9 cm³/mol. The number of aliphatic imine (C=N–C) groups is 1. The van der Waals surface area contributed by atoms with Crippen molar-refractivity contribution in [1.82, 2.24) is 10.3 Å². The maximum Gasteiger partial charge on any atom is 0.292 e. The van der Waals surface area contributed by atoms with E-state index in [-0.39, 0.29) is 6.02 Å². The highest BCUT2D eigenvalue weighted by Crippen LogP contribution is 2.03. The largest absolute Gasteiger partial charge is 0.465 e. The van der Waals surface area contributed by atoms with Crippen molar-refractivity contribution in [2.24, 2.45) is 4.99 Å². The zero-order valence-corrected chi connectivity index (χ0v) is 12.1. The van der Waals surface area contributed by atoms with E-state index in [0.29, 0.717) is 18.7 Å². The lowest BCUT2D eigenvalue weighted by atomic mass is 10.2. The van der Waals surface area contributed by atoms with Gasteiger partial charge < -0.3 is 4.74 Å². The minimum atomic E-state index is -0.404. The summed E-state index contributed by atoms with van der Waals surface area (Å²) in [6.07, 6.45) is 3.36. The Morgan fingerprint density at radius 1 is 1.32 bits per heavy atom. The number of hydrogen-bond donors (Lipinski definition) is 1. The van der Waals surface area contributed by atoms with Crippen LogP contribution in [0, 0.1) is 5.82 Å². The molecule has 1 aromatic carbocycles. The van der Waals surface area contributed by atoms with Crippen molar-refractivity contribution in [3.63, 3.8) is 0 Å². The molecule has 0 saturated carbocycles. The van der Waals surface area contributed by atoms with E-state index in [9.17, 15) is 9.18 Å². The van der Waals surface area contributed by atoms with Crippen LogP contribution in [0.2, 0.25) is 0 Å². The second-order valence-electron chi connectivity index (χ2n) is 4.38. The molecular formula is C16H16FN3O2. The van der Waals surface area contributed by atoms with Gasteiger partial charge in [-0.25, -0.2) is 9.38 Å². The normalized spacial score (nSPS) is 11.1. The van der Waals surface area contributed by atoms with Crippen molar-refractivity contribution in [3.8, 4) is 0 Å². The van der Waals surface area contributed by atoms with E-state index < -0.39 is 11.7 Å². The molecule has 0 saturated heterocycles. The fourth-order valence-electron chi connectivity index (χ4n) is 1.68. The van der Waals surface area contributed by atoms with Crippen LogP contribution in [0.1, 0.15) is 22.8 Å². The third-order valence-electron chi connectivity index (χ3n) is 2.74. The van der Waals surface area contributed by atoms with Gasteiger partial charge in [-0.1, -0.05) is 6.07 Å². The van der Waals surface area contributed by atoms with Crippen LogP contribution >= 0.6 is 0 Å². The Morgan fingerprint density at radius 3 is 2.73 bits per heavy atom. The van der Waals surface area contributed by atoms with Crippen molar-refractivity contribution >= 4 is 11.9 Å². The van der Waals surface area contributed by atoms with Crippen LogP contribution in [-0.4, -0.2) is 23.5 Å². The summed E-state index contributed by atoms with van der Waals surface area (Å²) in [6.45, 7) is 2.51. The Balaban J connectivity index is 2.04. The van der Waals surface area contributed by atoms with Crippen molar-refractivity contribution in [3.05, 3.63) is 65.7 Å². The van der Waals surface area contributed by atoms with Gasteiger partial charge in [0.2, 0.25) is 0 Å². The summed E-state index contributed by atoms with van der Waals surface area (Å²) in [7, 11) is 0. The van der Waals surface area contributed by atoms with Gasteiger partial charge in [-0.2, -0.15) is 0 Å². The first kappa shape index (κ1) is 15.6. The number of hydrogen-bond acceptors (Lipinski definition) is 4. The first-order valence-corrected chi connectivity index (χ1v) is 6.82. The zero-order chi connectivity index (χ0) is 15.8. The number of carbonyl (C=O) groups is 1. The Labute approximate surface area is 127 Å². The number of benzene rings is 1. The molecule has 0 spiro atoms. The molecule has 5 nitrogen and oxygen atoms in total. The first-order chi connectivity index (χ1) is 10.7. The highest BCUT2D eigenvalue weighted by Gasteiger charge is 2.09. The number of nitrogens with zero attached hydrogens (tertiary/aromatic N) is 2. The molecule has 1 amide bonds. The third kappa shape index (κ3) is 4.66. The number of ether oxygens (including phenoxy) is 1. The Hall–Kier alpha value is -2.76. The van der Waals surface area contributed by atoms with Gasteiger partial charge in [-0.15, -0.1) is 0 Å². The molecule has 22 heavy (non-hydrogen) atoms. The second-order valence-corrected chi connectivity index (χ2v) is 4.38. The van der Waals surface area contributed by atoms with E-state index in [1.807, 2.05) is 12.1 Å². The summed E-state index contributed by atoms with van der Waals surface area (Å²) in [5, 5.41) is 2.57. The van der Waals surface area contributed by atoms with Gasteiger partial charge >= 0.3 is 0 Å². The SMILES string of the molecule is CCOC(=NCc1cccnc1)NC(=O)c1ccc(F)cc1. The molecule has 1 heterocycles. The van der Waals surface area contributed by atoms with Crippen LogP contribution in [-0.2, 0) is 11.3 Å². The Kier molecular flexibility index (Phi) is 5.59. The summed E-state index contributed by atoms with van der Waals surface area (Å²) >= 11 is 0. The highest BCUT2D eigenvalue weighted by atomic mass is 19.1. The summed E-state index contributed by atoms with van der Waals surface area (Å²) in [5.41, 5.74) is 1.23. The minimum absolute atomic E-state index is 0.126. The molecule has 6 heteroatoms. The maximum atomic E-state index is 12.9. The van der Waals surface area contributed by atoms with Crippen LogP contribution in [0.25, 0.3) is 0 Å². The van der Waals surface area contributed by atoms with Gasteiger partial charge in [-0.05, 0) is 42.8 Å². The van der Waals surface area contributed by atoms with Gasteiger partial charge in [0, 0.05) is 18.0 Å². The number of pyridine rings is 1. The molecule has 2 rings (SSSR count). The molecule has 0 aliphatic carbocycles. The molecule has 0 unspecified atom stereocenters. The summed E-state index contributed by atoms with van der Waals surface area (Å²) in [6, 6.07) is 9.06. The zero-order valence-electron chi connectivity index (χ0n) is 12.1. The standard InChI is InChI=1S/C16H16FN3O2/c1-2-22-16(19-11-12-4-3-9-18-10-12)20-15(21)13-5-7-14(17)8-6-13/h3-10H,2,11H2,1H3,(H,19,20,21). The number of amidine groups is 1. The molecule has 0 atom stereocenters. The van der Waals surface area contributed by atoms with Crippen LogP contribution in [0.5, 0.6) is 0 Å². The molecule has 0 aliphatic rings. The average molecular weight is 301 g/mol. The van der Waals surface area contributed by atoms with Crippen molar-refractivity contribution in [2.45, 2.75) is 13.5 Å². The number of aromatic nitrogens is 1. The van der Waals surface area contributed by atoms with Gasteiger partial charge in [-0.3, -0.25) is 15.1 Å². The molecule has 114 valence electrons. The molecule has 1 aromatic heterocycles. The van der Waals surface area contributed by atoms with Crippen LogP contribution < -0.4 is 5.32 Å². The van der Waals surface area contributed by atoms with E-state index in [4.69, 9.17) is 4.74 Å². The number of nitrogens with one attached hydrogen (secondary N) is 1. The predicted octanol–water partition coefficient (Wildman–Crippen LogP) is 2.54. The maximum absolute atomic E-state index is 12.9. The number of halogens is 1. The molecular weight excluding hydrogens is 285 g/mol. The quantitative estimate of drug-likeness (QED) is 0.697. The van der Waals surface area contributed by atoms with Gasteiger partial charge in [0.15, 0.2) is 0 Å². The summed E-state index contributed by atoms with van der Waals surface area (Å²) in [5.74, 6) is -0.801. The lowest BCUT2D eigenvalue weighted by Gasteiger charge is -2.09. The molecule has 0 radical (unpaired) electrons. The molecule has 0 bridgehead atoms. The van der Waals surface area contributed by atoms with E-state index in [2.05, 4.69) is 15.3 Å². The molecule has 0 fully saturated rings. The van der Waals surface area contributed by atoms with Crippen LogP contribution in [0.15, 0.2) is 53.8 Å². The number of amides is 1. The van der Waals surface area contributed by atoms with Gasteiger partial charge in [0.05, 0.1) is 13.2 Å². The first-order valence-electron chi connectivity index (χ1n) is 6.82. The minimum Gasteiger partial charge on any atom is -0.465 e. The van der Waals surface area contributed by atoms with E-state index >= 15 is 0 Å². The van der Waals surface area contributed by atoms with Crippen LogP contribution in [0.4, 0.5) is 4.39 Å². The monoisotopic (exact) mass is 301 g/mol. The summed E-state index contributed by atoms with van der Waals surface area (Å²) < 4.78 is 18.2. The van der Waals surface area contributed by atoms with Gasteiger partial charge in [0.25, 0.3) is 11.9 Å². The highest BCUT2D eigenvalue weighted by molar-refractivity contribution is 6.04. The van der Waals surface area contributed by atoms with E-state index in [0.717, 1.165) is 5.56 Å². The third-order valence-corrected chi connectivity index (χ3v) is 2.74. The van der Waals surface area contributed by atoms with Crippen LogP contribution in [0.3, 0.4) is 0 Å². The Bertz CT molecular complexity index is 642. The van der Waals surface area contributed by atoms with Crippen molar-refractivity contribution < 1.29 is 13.9 Å². The van der Waals surface area contributed by atoms with E-state index in [1.54, 1.807) is 19.3 Å². The number of rotatable bonds is 4. The second kappa shape index (κ2) is 7.87. The molecule has 2 aromatic rings. The topological polar surface area (TPSA) is 63.6 Å². The lowest BCUT2D eigenvalue weighted by Crippen LogP contribution is -2.32. The van der Waals surface area contributed by atoms with Gasteiger partial charge in [0.1, 0.15) is 5.82 Å². The summed E-state index contributed by atoms with van der Waals surface area (Å²) in [4.78, 5) is 20.3. The lowest BCUT2D eigenvalue weighted by molar-refractivity contribution is 0.0966. The average Bonchev–Trinajstić information content (AvgIpc) is 2.54. The molecule has 0 aliphatic heterocycles. The van der Waals surface area contributed by atoms with Crippen molar-refractivity contribution in [1.29, 1.82) is 0 Å². The number of carbonyl (C=O) groups excluding carboxylic acids is 1. The van der Waals surface area contributed by atoms with Crippen molar-refractivity contribution in [2.75, 3.05) is 6.61 Å². The fourth-order valence-corrected chi connectivity index (χ4v) is 1.68. The smallest absolute Gasteiger partial charge is 0.292 e. The van der Waals surface area contributed by atoms with E-state index in [1.165, 1.54) is 24.3 Å². The fraction of sp³-hybridized carbons (Fsp3) is 0.188. The molecule has 1 N–H and O–H groups in total. The Morgan fingerprint density at radius 2 is 2.09 bits per heavy atom.